The van der Waals surface area contributed by atoms with Gasteiger partial charge in [0.05, 0.1) is 15.7 Å². The second-order valence-corrected chi connectivity index (χ2v) is 6.38. The van der Waals surface area contributed by atoms with Crippen molar-refractivity contribution in [1.29, 1.82) is 0 Å². The van der Waals surface area contributed by atoms with Crippen LogP contribution in [0.2, 0.25) is 0 Å². The van der Waals surface area contributed by atoms with Crippen molar-refractivity contribution in [2.24, 2.45) is 0 Å². The lowest BCUT2D eigenvalue weighted by Crippen LogP contribution is -2.31. The molecule has 3 heteroatoms. The Morgan fingerprint density at radius 3 is 2.90 bits per heavy atom. The van der Waals surface area contributed by atoms with Gasteiger partial charge in [-0.3, -0.25) is 0 Å². The molecule has 1 aliphatic rings. The predicted octanol–water partition coefficient (Wildman–Crippen LogP) is 3.87. The normalized spacial score (nSPS) is 19.1. The molecular weight excluding hydrogens is 264 g/mol. The lowest BCUT2D eigenvalue weighted by atomic mass is 9.84. The van der Waals surface area contributed by atoms with Crippen LogP contribution in [0, 0.1) is 0 Å². The van der Waals surface area contributed by atoms with Crippen LogP contribution < -0.4 is 0 Å². The smallest absolute Gasteiger partial charge is 0.0850 e. The molecule has 1 aliphatic heterocycles. The first-order valence-corrected chi connectivity index (χ1v) is 7.79. The minimum Gasteiger partial charge on any atom is -0.301 e. The Morgan fingerprint density at radius 1 is 1.10 bits per heavy atom. The maximum absolute atomic E-state index is 4.59. The fourth-order valence-electron chi connectivity index (χ4n) is 3.24. The molecule has 2 heterocycles. The van der Waals surface area contributed by atoms with Crippen molar-refractivity contribution in [3.05, 3.63) is 64.7 Å². The van der Waals surface area contributed by atoms with Crippen LogP contribution in [0.4, 0.5) is 0 Å². The van der Waals surface area contributed by atoms with Crippen LogP contribution in [0.1, 0.15) is 22.6 Å². The summed E-state index contributed by atoms with van der Waals surface area (Å²) in [6.45, 7) is 2.10. The summed E-state index contributed by atoms with van der Waals surface area (Å²) >= 11 is 1.72. The van der Waals surface area contributed by atoms with Crippen molar-refractivity contribution in [3.8, 4) is 0 Å². The van der Waals surface area contributed by atoms with Crippen molar-refractivity contribution in [3.63, 3.8) is 0 Å². The van der Waals surface area contributed by atoms with Gasteiger partial charge in [-0.15, -0.1) is 11.3 Å². The van der Waals surface area contributed by atoms with Gasteiger partial charge in [0.1, 0.15) is 0 Å². The maximum Gasteiger partial charge on any atom is 0.0850 e. The number of fused-ring (bicyclic) bond motifs is 2. The van der Waals surface area contributed by atoms with Gasteiger partial charge in [0.25, 0.3) is 0 Å². The first kappa shape index (κ1) is 12.1. The summed E-state index contributed by atoms with van der Waals surface area (Å²) in [6, 6.07) is 15.4. The molecule has 1 atom stereocenters. The first-order chi connectivity index (χ1) is 9.83. The van der Waals surface area contributed by atoms with Crippen molar-refractivity contribution in [1.82, 2.24) is 9.88 Å². The fourth-order valence-corrected chi connectivity index (χ4v) is 3.95. The van der Waals surface area contributed by atoms with Crippen LogP contribution >= 0.6 is 11.3 Å². The lowest BCUT2D eigenvalue weighted by molar-refractivity contribution is 0.295. The Bertz CT molecular complexity index is 762. The standard InChI is InChI=1S/C17H16N2S/c1-19-9-12-5-2-3-6-13(12)15(10-19)14-7-4-8-16-17(14)18-11-20-16/h2-8,11,15H,9-10H2,1H3. The summed E-state index contributed by atoms with van der Waals surface area (Å²) in [7, 11) is 2.20. The van der Waals surface area contributed by atoms with E-state index in [1.165, 1.54) is 26.9 Å². The molecule has 20 heavy (non-hydrogen) atoms. The molecule has 0 saturated carbocycles. The number of para-hydroxylation sites is 1. The number of hydrogen-bond acceptors (Lipinski definition) is 3. The summed E-state index contributed by atoms with van der Waals surface area (Å²) in [5.41, 5.74) is 7.40. The van der Waals surface area contributed by atoms with E-state index in [1.54, 1.807) is 11.3 Å². The Balaban J connectivity index is 1.92. The third kappa shape index (κ3) is 1.86. The number of thiazole rings is 1. The summed E-state index contributed by atoms with van der Waals surface area (Å²) in [4.78, 5) is 6.99. The third-order valence-corrected chi connectivity index (χ3v) is 4.93. The number of likely N-dealkylation sites (N-methyl/N-ethyl adjacent to an activating group) is 1. The van der Waals surface area contributed by atoms with Crippen molar-refractivity contribution >= 4 is 21.6 Å². The van der Waals surface area contributed by atoms with Gasteiger partial charge in [-0.2, -0.15) is 0 Å². The minimum absolute atomic E-state index is 0.427. The summed E-state index contributed by atoms with van der Waals surface area (Å²) in [5.74, 6) is 0.427. The predicted molar refractivity (Wildman–Crippen MR) is 84.2 cm³/mol. The van der Waals surface area contributed by atoms with Crippen LogP contribution in [-0.2, 0) is 6.54 Å². The number of aromatic nitrogens is 1. The van der Waals surface area contributed by atoms with E-state index in [1.807, 2.05) is 5.51 Å². The fraction of sp³-hybridized carbons (Fsp3) is 0.235. The number of rotatable bonds is 1. The molecule has 100 valence electrons. The number of nitrogens with zero attached hydrogens (tertiary/aromatic N) is 2. The molecule has 0 fully saturated rings. The van der Waals surface area contributed by atoms with Crippen molar-refractivity contribution in [2.45, 2.75) is 12.5 Å². The van der Waals surface area contributed by atoms with E-state index in [9.17, 15) is 0 Å². The molecule has 0 spiro atoms. The van der Waals surface area contributed by atoms with Gasteiger partial charge in [-0.25, -0.2) is 4.98 Å². The molecule has 2 aromatic carbocycles. The average Bonchev–Trinajstić information content (AvgIpc) is 2.94. The van der Waals surface area contributed by atoms with Crippen LogP contribution in [0.15, 0.2) is 48.0 Å². The quantitative estimate of drug-likeness (QED) is 0.672. The molecule has 1 unspecified atom stereocenters. The zero-order valence-corrected chi connectivity index (χ0v) is 12.2. The summed E-state index contributed by atoms with van der Waals surface area (Å²) < 4.78 is 1.29. The molecular formula is C17H16N2S. The lowest BCUT2D eigenvalue weighted by Gasteiger charge is -2.32. The van der Waals surface area contributed by atoms with Crippen LogP contribution in [-0.4, -0.2) is 23.5 Å². The molecule has 4 rings (SSSR count). The van der Waals surface area contributed by atoms with E-state index in [0.29, 0.717) is 5.92 Å². The zero-order chi connectivity index (χ0) is 13.5. The van der Waals surface area contributed by atoms with Crippen LogP contribution in [0.25, 0.3) is 10.2 Å². The van der Waals surface area contributed by atoms with Gasteiger partial charge < -0.3 is 4.90 Å². The van der Waals surface area contributed by atoms with Crippen LogP contribution in [0.5, 0.6) is 0 Å². The van der Waals surface area contributed by atoms with Gasteiger partial charge in [-0.05, 0) is 29.8 Å². The first-order valence-electron chi connectivity index (χ1n) is 6.91. The highest BCUT2D eigenvalue weighted by Crippen LogP contribution is 2.36. The van der Waals surface area contributed by atoms with Crippen molar-refractivity contribution in [2.75, 3.05) is 13.6 Å². The highest BCUT2D eigenvalue weighted by Gasteiger charge is 2.26. The Morgan fingerprint density at radius 2 is 1.95 bits per heavy atom. The topological polar surface area (TPSA) is 16.1 Å². The Kier molecular flexibility index (Phi) is 2.83. The molecule has 0 aliphatic carbocycles. The van der Waals surface area contributed by atoms with Gasteiger partial charge in [0, 0.05) is 19.0 Å². The van der Waals surface area contributed by atoms with E-state index < -0.39 is 0 Å². The molecule has 3 aromatic rings. The largest absolute Gasteiger partial charge is 0.301 e. The van der Waals surface area contributed by atoms with E-state index in [4.69, 9.17) is 0 Å². The second-order valence-electron chi connectivity index (χ2n) is 5.49. The third-order valence-electron chi connectivity index (χ3n) is 4.13. The molecule has 0 N–H and O–H groups in total. The zero-order valence-electron chi connectivity index (χ0n) is 11.4. The number of benzene rings is 2. The molecule has 1 aromatic heterocycles. The van der Waals surface area contributed by atoms with Crippen LogP contribution in [0.3, 0.4) is 0 Å². The minimum atomic E-state index is 0.427. The van der Waals surface area contributed by atoms with Gasteiger partial charge in [0.2, 0.25) is 0 Å². The van der Waals surface area contributed by atoms with Gasteiger partial charge in [-0.1, -0.05) is 36.4 Å². The SMILES string of the molecule is CN1Cc2ccccc2C(c2cccc3scnc23)C1. The summed E-state index contributed by atoms with van der Waals surface area (Å²) in [6.07, 6.45) is 0. The van der Waals surface area contributed by atoms with Crippen molar-refractivity contribution < 1.29 is 0 Å². The Hall–Kier alpha value is -1.71. The Labute approximate surface area is 122 Å². The van der Waals surface area contributed by atoms with Gasteiger partial charge in [0.15, 0.2) is 0 Å². The van der Waals surface area contributed by atoms with E-state index in [2.05, 4.69) is 59.4 Å². The molecule has 0 radical (unpaired) electrons. The van der Waals surface area contributed by atoms with Gasteiger partial charge >= 0.3 is 0 Å². The van der Waals surface area contributed by atoms with E-state index >= 15 is 0 Å². The molecule has 0 bridgehead atoms. The average molecular weight is 280 g/mol. The highest BCUT2D eigenvalue weighted by atomic mass is 32.1. The molecule has 0 amide bonds. The van der Waals surface area contributed by atoms with E-state index in [0.717, 1.165) is 13.1 Å². The second kappa shape index (κ2) is 4.69. The monoisotopic (exact) mass is 280 g/mol. The molecule has 2 nitrogen and oxygen atoms in total. The highest BCUT2D eigenvalue weighted by molar-refractivity contribution is 7.16. The molecule has 0 saturated heterocycles. The number of hydrogen-bond donors (Lipinski definition) is 0. The van der Waals surface area contributed by atoms with E-state index in [-0.39, 0.29) is 0 Å². The summed E-state index contributed by atoms with van der Waals surface area (Å²) in [5, 5.41) is 0. The maximum atomic E-state index is 4.59.